The van der Waals surface area contributed by atoms with Gasteiger partial charge >= 0.3 is 0 Å². The van der Waals surface area contributed by atoms with Crippen LogP contribution in [-0.2, 0) is 4.79 Å². The van der Waals surface area contributed by atoms with Gasteiger partial charge in [0.2, 0.25) is 5.91 Å². The van der Waals surface area contributed by atoms with Crippen LogP contribution >= 0.6 is 0 Å². The van der Waals surface area contributed by atoms with Gasteiger partial charge in [0.05, 0.1) is 12.3 Å². The molecule has 0 spiro atoms. The largest absolute Gasteiger partial charge is 0.468 e. The molecule has 0 bridgehead atoms. The lowest BCUT2D eigenvalue weighted by molar-refractivity contribution is -0.117. The molecule has 0 radical (unpaired) electrons. The van der Waals surface area contributed by atoms with Crippen LogP contribution in [0, 0.1) is 0 Å². The van der Waals surface area contributed by atoms with E-state index in [1.807, 2.05) is 24.3 Å². The monoisotopic (exact) mass is 367 g/mol. The minimum absolute atomic E-state index is 0.0507. The molecular formula is C21H25N3O3. The highest BCUT2D eigenvalue weighted by atomic mass is 16.3. The van der Waals surface area contributed by atoms with E-state index in [-0.39, 0.29) is 17.9 Å². The highest BCUT2D eigenvalue weighted by Crippen LogP contribution is 2.25. The molecule has 1 aromatic carbocycles. The summed E-state index contributed by atoms with van der Waals surface area (Å²) in [6.07, 6.45) is 5.48. The van der Waals surface area contributed by atoms with E-state index < -0.39 is 0 Å². The first-order valence-electron chi connectivity index (χ1n) is 9.68. The van der Waals surface area contributed by atoms with Crippen molar-refractivity contribution in [1.29, 1.82) is 0 Å². The molecule has 0 unspecified atom stereocenters. The van der Waals surface area contributed by atoms with Crippen molar-refractivity contribution in [1.82, 2.24) is 10.2 Å². The Bertz CT molecular complexity index is 797. The molecule has 2 aromatic rings. The lowest BCUT2D eigenvalue weighted by atomic mass is 10.1. The van der Waals surface area contributed by atoms with Crippen LogP contribution in [0.4, 0.5) is 5.69 Å². The van der Waals surface area contributed by atoms with Crippen LogP contribution in [0.25, 0.3) is 0 Å². The van der Waals surface area contributed by atoms with E-state index in [4.69, 9.17) is 4.42 Å². The number of hydrogen-bond acceptors (Lipinski definition) is 4. The van der Waals surface area contributed by atoms with Gasteiger partial charge in [-0.3, -0.25) is 14.5 Å². The average molecular weight is 367 g/mol. The van der Waals surface area contributed by atoms with Crippen LogP contribution in [-0.4, -0.2) is 42.9 Å². The summed E-state index contributed by atoms with van der Waals surface area (Å²) < 4.78 is 5.61. The van der Waals surface area contributed by atoms with Crippen LogP contribution < -0.4 is 10.2 Å². The molecule has 6 nitrogen and oxygen atoms in total. The molecule has 0 saturated carbocycles. The number of likely N-dealkylation sites (tertiary alicyclic amines) is 1. The molecule has 27 heavy (non-hydrogen) atoms. The molecule has 1 aromatic heterocycles. The third-order valence-electron chi connectivity index (χ3n) is 5.40. The zero-order valence-corrected chi connectivity index (χ0v) is 15.4. The summed E-state index contributed by atoms with van der Waals surface area (Å²) in [6, 6.07) is 11.2. The number of benzene rings is 1. The van der Waals surface area contributed by atoms with Crippen molar-refractivity contribution in [3.63, 3.8) is 0 Å². The third-order valence-corrected chi connectivity index (χ3v) is 5.40. The van der Waals surface area contributed by atoms with Crippen molar-refractivity contribution in [2.75, 3.05) is 31.1 Å². The summed E-state index contributed by atoms with van der Waals surface area (Å²) in [5.41, 5.74) is 1.37. The number of hydrogen-bond donors (Lipinski definition) is 1. The zero-order chi connectivity index (χ0) is 18.6. The molecule has 2 saturated heterocycles. The first kappa shape index (κ1) is 17.8. The van der Waals surface area contributed by atoms with Crippen LogP contribution in [0.1, 0.15) is 47.8 Å². The fourth-order valence-corrected chi connectivity index (χ4v) is 3.97. The van der Waals surface area contributed by atoms with E-state index in [0.717, 1.165) is 37.5 Å². The van der Waals surface area contributed by atoms with Gasteiger partial charge in [0.15, 0.2) is 0 Å². The van der Waals surface area contributed by atoms with E-state index >= 15 is 0 Å². The Labute approximate surface area is 159 Å². The molecule has 4 rings (SSSR count). The average Bonchev–Trinajstić information content (AvgIpc) is 3.45. The summed E-state index contributed by atoms with van der Waals surface area (Å²) in [7, 11) is 0. The molecule has 2 amide bonds. The van der Waals surface area contributed by atoms with Gasteiger partial charge in [-0.1, -0.05) is 6.07 Å². The van der Waals surface area contributed by atoms with Crippen LogP contribution in [0.3, 0.4) is 0 Å². The summed E-state index contributed by atoms with van der Waals surface area (Å²) in [6.45, 7) is 3.26. The Morgan fingerprint density at radius 1 is 1.11 bits per heavy atom. The second-order valence-corrected chi connectivity index (χ2v) is 7.18. The zero-order valence-electron chi connectivity index (χ0n) is 15.4. The molecule has 6 heteroatoms. The first-order valence-corrected chi connectivity index (χ1v) is 9.68. The summed E-state index contributed by atoms with van der Waals surface area (Å²) in [4.78, 5) is 28.8. The quantitative estimate of drug-likeness (QED) is 0.852. The second kappa shape index (κ2) is 7.96. The third kappa shape index (κ3) is 3.90. The van der Waals surface area contributed by atoms with Gasteiger partial charge in [0, 0.05) is 30.8 Å². The summed E-state index contributed by atoms with van der Waals surface area (Å²) in [5.74, 6) is 0.882. The Balaban J connectivity index is 1.44. The van der Waals surface area contributed by atoms with Gasteiger partial charge in [-0.15, -0.1) is 0 Å². The minimum atomic E-state index is -0.126. The smallest absolute Gasteiger partial charge is 0.251 e. The topological polar surface area (TPSA) is 65.8 Å². The van der Waals surface area contributed by atoms with Crippen LogP contribution in [0.2, 0.25) is 0 Å². The second-order valence-electron chi connectivity index (χ2n) is 7.18. The van der Waals surface area contributed by atoms with Gasteiger partial charge in [-0.05, 0) is 62.7 Å². The van der Waals surface area contributed by atoms with Crippen molar-refractivity contribution < 1.29 is 14.0 Å². The maximum Gasteiger partial charge on any atom is 0.251 e. The van der Waals surface area contributed by atoms with E-state index in [9.17, 15) is 9.59 Å². The molecule has 2 aliphatic heterocycles. The predicted octanol–water partition coefficient (Wildman–Crippen LogP) is 2.97. The highest BCUT2D eigenvalue weighted by Gasteiger charge is 2.26. The van der Waals surface area contributed by atoms with Gasteiger partial charge in [-0.25, -0.2) is 0 Å². The predicted molar refractivity (Wildman–Crippen MR) is 103 cm³/mol. The Kier molecular flexibility index (Phi) is 5.25. The molecule has 2 fully saturated rings. The minimum Gasteiger partial charge on any atom is -0.468 e. The fraction of sp³-hybridized carbons (Fsp3) is 0.429. The number of rotatable bonds is 6. The van der Waals surface area contributed by atoms with Gasteiger partial charge < -0.3 is 14.6 Å². The SMILES string of the molecule is O=C(NC[C@@H](c1ccco1)N1CCCC1)c1cccc(N2CCCC2=O)c1. The number of carbonyl (C=O) groups excluding carboxylic acids is 2. The van der Waals surface area contributed by atoms with Crippen LogP contribution in [0.15, 0.2) is 47.1 Å². The standard InChI is InChI=1S/C21H25N3O3/c25-20-9-4-12-24(20)17-7-3-6-16(14-17)21(26)22-15-18(19-8-5-13-27-19)23-10-1-2-11-23/h3,5-8,13-14,18H,1-2,4,9-12,15H2,(H,22,26)/t18-/m0/s1. The Hall–Kier alpha value is -2.60. The number of nitrogens with zero attached hydrogens (tertiary/aromatic N) is 2. The lowest BCUT2D eigenvalue weighted by Gasteiger charge is -2.26. The molecule has 1 atom stereocenters. The van der Waals surface area contributed by atoms with Crippen molar-refractivity contribution in [3.05, 3.63) is 54.0 Å². The maximum absolute atomic E-state index is 12.7. The van der Waals surface area contributed by atoms with Crippen molar-refractivity contribution >= 4 is 17.5 Å². The summed E-state index contributed by atoms with van der Waals surface area (Å²) in [5, 5.41) is 3.05. The molecule has 1 N–H and O–H groups in total. The number of amides is 2. The van der Waals surface area contributed by atoms with Crippen molar-refractivity contribution in [2.45, 2.75) is 31.7 Å². The normalized spacial score (nSPS) is 18.8. The lowest BCUT2D eigenvalue weighted by Crippen LogP contribution is -2.36. The number of nitrogens with one attached hydrogen (secondary N) is 1. The van der Waals surface area contributed by atoms with E-state index in [1.165, 1.54) is 12.8 Å². The molecule has 3 heterocycles. The van der Waals surface area contributed by atoms with Gasteiger partial charge in [-0.2, -0.15) is 0 Å². The highest BCUT2D eigenvalue weighted by molar-refractivity contribution is 5.99. The Morgan fingerprint density at radius 3 is 2.67 bits per heavy atom. The molecular weight excluding hydrogens is 342 g/mol. The van der Waals surface area contributed by atoms with Gasteiger partial charge in [0.1, 0.15) is 5.76 Å². The number of anilines is 1. The van der Waals surface area contributed by atoms with Gasteiger partial charge in [0.25, 0.3) is 5.91 Å². The number of carbonyl (C=O) groups is 2. The number of furan rings is 1. The molecule has 2 aliphatic rings. The molecule has 0 aliphatic carbocycles. The maximum atomic E-state index is 12.7. The van der Waals surface area contributed by atoms with E-state index in [1.54, 1.807) is 23.3 Å². The molecule has 142 valence electrons. The van der Waals surface area contributed by atoms with Crippen molar-refractivity contribution in [2.24, 2.45) is 0 Å². The van der Waals surface area contributed by atoms with E-state index in [2.05, 4.69) is 10.2 Å². The Morgan fingerprint density at radius 2 is 1.96 bits per heavy atom. The van der Waals surface area contributed by atoms with Crippen molar-refractivity contribution in [3.8, 4) is 0 Å². The first-order chi connectivity index (χ1) is 13.2. The fourth-order valence-electron chi connectivity index (χ4n) is 3.97. The summed E-state index contributed by atoms with van der Waals surface area (Å²) >= 11 is 0. The van der Waals surface area contributed by atoms with Crippen LogP contribution in [0.5, 0.6) is 0 Å². The van der Waals surface area contributed by atoms with E-state index in [0.29, 0.717) is 18.5 Å².